The molecule has 11 nitrogen and oxygen atoms in total. The van der Waals surface area contributed by atoms with E-state index in [4.69, 9.17) is 14.2 Å². The van der Waals surface area contributed by atoms with Gasteiger partial charge in [-0.15, -0.1) is 0 Å². The standard InChI is InChI=1S/C30H35FN6O5/c1-30(2,3)42-29(39)34-22(19-38)18-36-14-12-25(35-36)20-7-9-23(10-8-20)41-28-24(31)16-21(17-32-28)26-11-13-33-37(26)27-6-4-5-15-40-27/h7-14,16-17,22,27,38H,4-6,15,18-19H2,1-3H3,(H,34,39)/t22-,27?/m0/s1. The van der Waals surface area contributed by atoms with Gasteiger partial charge in [0.1, 0.15) is 11.4 Å². The van der Waals surface area contributed by atoms with Gasteiger partial charge in [-0.3, -0.25) is 4.68 Å². The number of nitrogens with one attached hydrogen (secondary N) is 1. The summed E-state index contributed by atoms with van der Waals surface area (Å²) in [4.78, 5) is 16.3. The molecule has 1 saturated heterocycles. The van der Waals surface area contributed by atoms with Crippen molar-refractivity contribution < 1.29 is 28.5 Å². The van der Waals surface area contributed by atoms with E-state index in [2.05, 4.69) is 20.5 Å². The van der Waals surface area contributed by atoms with Gasteiger partial charge >= 0.3 is 6.09 Å². The Morgan fingerprint density at radius 2 is 2.00 bits per heavy atom. The lowest BCUT2D eigenvalue weighted by molar-refractivity contribution is -0.0383. The van der Waals surface area contributed by atoms with E-state index in [1.54, 1.807) is 73.0 Å². The summed E-state index contributed by atoms with van der Waals surface area (Å²) in [7, 11) is 0. The Bertz CT molecular complexity index is 1490. The molecule has 1 amide bonds. The number of hydrogen-bond donors (Lipinski definition) is 2. The molecular weight excluding hydrogens is 543 g/mol. The maximum absolute atomic E-state index is 15.0. The maximum atomic E-state index is 15.0. The summed E-state index contributed by atoms with van der Waals surface area (Å²) in [6, 6.07) is 11.5. The molecule has 0 saturated carbocycles. The Labute approximate surface area is 243 Å². The van der Waals surface area contributed by atoms with E-state index < -0.39 is 23.6 Å². The molecule has 42 heavy (non-hydrogen) atoms. The summed E-state index contributed by atoms with van der Waals surface area (Å²) in [6.07, 6.45) is 7.16. The van der Waals surface area contributed by atoms with Crippen molar-refractivity contribution in [2.75, 3.05) is 13.2 Å². The smallest absolute Gasteiger partial charge is 0.408 e. The molecule has 2 N–H and O–H groups in total. The molecule has 1 fully saturated rings. The van der Waals surface area contributed by atoms with Crippen molar-refractivity contribution >= 4 is 6.09 Å². The molecule has 12 heteroatoms. The first kappa shape index (κ1) is 29.2. The maximum Gasteiger partial charge on any atom is 0.408 e. The van der Waals surface area contributed by atoms with Crippen LogP contribution in [0.15, 0.2) is 61.1 Å². The number of rotatable bonds is 9. The third-order valence-electron chi connectivity index (χ3n) is 6.56. The van der Waals surface area contributed by atoms with Crippen molar-refractivity contribution in [3.63, 3.8) is 0 Å². The summed E-state index contributed by atoms with van der Waals surface area (Å²) in [6.45, 7) is 5.97. The highest BCUT2D eigenvalue weighted by Gasteiger charge is 2.22. The Hall–Kier alpha value is -4.29. The number of benzene rings is 1. The SMILES string of the molecule is CC(C)(C)OC(=O)N[C@H](CO)Cn1ccc(-c2ccc(Oc3ncc(-c4ccnn4C4CCCCO4)cc3F)cc2)n1. The molecule has 1 unspecified atom stereocenters. The van der Waals surface area contributed by atoms with E-state index in [-0.39, 0.29) is 25.3 Å². The van der Waals surface area contributed by atoms with E-state index in [0.717, 1.165) is 30.5 Å². The van der Waals surface area contributed by atoms with Gasteiger partial charge in [0, 0.05) is 36.3 Å². The fourth-order valence-corrected chi connectivity index (χ4v) is 4.60. The molecule has 4 heterocycles. The van der Waals surface area contributed by atoms with Crippen LogP contribution in [0.2, 0.25) is 0 Å². The van der Waals surface area contributed by atoms with Crippen LogP contribution in [0.1, 0.15) is 46.3 Å². The van der Waals surface area contributed by atoms with Crippen LogP contribution < -0.4 is 10.1 Å². The van der Waals surface area contributed by atoms with Crippen molar-refractivity contribution in [2.24, 2.45) is 0 Å². The number of hydrogen-bond acceptors (Lipinski definition) is 8. The molecule has 0 radical (unpaired) electrons. The second-order valence-electron chi connectivity index (χ2n) is 11.1. The van der Waals surface area contributed by atoms with Crippen LogP contribution in [0, 0.1) is 5.82 Å². The first-order chi connectivity index (χ1) is 20.2. The molecular formula is C30H35FN6O5. The summed E-state index contributed by atoms with van der Waals surface area (Å²) in [5.74, 6) is -0.311. The number of nitrogens with zero attached hydrogens (tertiary/aromatic N) is 5. The molecule has 2 atom stereocenters. The zero-order valence-electron chi connectivity index (χ0n) is 23.9. The number of pyridine rings is 1. The molecule has 1 aliphatic heterocycles. The Morgan fingerprint density at radius 1 is 1.19 bits per heavy atom. The zero-order chi connectivity index (χ0) is 29.7. The van der Waals surface area contributed by atoms with Gasteiger partial charge in [-0.2, -0.15) is 10.2 Å². The van der Waals surface area contributed by atoms with Crippen molar-refractivity contribution in [1.82, 2.24) is 29.9 Å². The van der Waals surface area contributed by atoms with E-state index >= 15 is 4.39 Å². The van der Waals surface area contributed by atoms with Crippen LogP contribution in [0.25, 0.3) is 22.5 Å². The first-order valence-corrected chi connectivity index (χ1v) is 13.9. The predicted octanol–water partition coefficient (Wildman–Crippen LogP) is 5.32. The largest absolute Gasteiger partial charge is 0.444 e. The average molecular weight is 579 g/mol. The van der Waals surface area contributed by atoms with Gasteiger partial charge in [0.25, 0.3) is 5.88 Å². The van der Waals surface area contributed by atoms with Crippen LogP contribution in [-0.2, 0) is 16.0 Å². The molecule has 0 bridgehead atoms. The van der Waals surface area contributed by atoms with Gasteiger partial charge in [-0.1, -0.05) is 0 Å². The summed E-state index contributed by atoms with van der Waals surface area (Å²) in [5, 5.41) is 21.3. The molecule has 222 valence electrons. The number of aliphatic hydroxyl groups is 1. The molecule has 4 aromatic rings. The lowest BCUT2D eigenvalue weighted by Gasteiger charge is -2.24. The zero-order valence-corrected chi connectivity index (χ0v) is 23.9. The van der Waals surface area contributed by atoms with Crippen LogP contribution in [-0.4, -0.2) is 60.6 Å². The van der Waals surface area contributed by atoms with Crippen molar-refractivity contribution in [1.29, 1.82) is 0 Å². The highest BCUT2D eigenvalue weighted by atomic mass is 19.1. The first-order valence-electron chi connectivity index (χ1n) is 13.9. The van der Waals surface area contributed by atoms with E-state index in [9.17, 15) is 9.90 Å². The van der Waals surface area contributed by atoms with Crippen LogP contribution in [0.5, 0.6) is 11.6 Å². The van der Waals surface area contributed by atoms with Crippen molar-refractivity contribution in [3.05, 3.63) is 66.9 Å². The highest BCUT2D eigenvalue weighted by Crippen LogP contribution is 2.31. The number of ether oxygens (including phenoxy) is 3. The monoisotopic (exact) mass is 578 g/mol. The Morgan fingerprint density at radius 3 is 2.69 bits per heavy atom. The number of aliphatic hydroxyl groups excluding tert-OH is 1. The number of carbonyl (C=O) groups is 1. The Balaban J connectivity index is 1.21. The number of amides is 1. The summed E-state index contributed by atoms with van der Waals surface area (Å²) in [5.41, 5.74) is 2.17. The lowest BCUT2D eigenvalue weighted by Crippen LogP contribution is -2.43. The molecule has 1 aliphatic rings. The molecule has 1 aromatic carbocycles. The summed E-state index contributed by atoms with van der Waals surface area (Å²) >= 11 is 0. The van der Waals surface area contributed by atoms with E-state index in [1.807, 2.05) is 12.1 Å². The number of halogens is 1. The van der Waals surface area contributed by atoms with Gasteiger partial charge in [0.15, 0.2) is 12.0 Å². The minimum atomic E-state index is -0.640. The number of carbonyl (C=O) groups excluding carboxylic acids is 1. The van der Waals surface area contributed by atoms with Crippen molar-refractivity contribution in [2.45, 2.75) is 64.4 Å². The second kappa shape index (κ2) is 12.7. The van der Waals surface area contributed by atoms with Gasteiger partial charge in [-0.05, 0) is 82.5 Å². The van der Waals surface area contributed by atoms with E-state index in [0.29, 0.717) is 23.6 Å². The van der Waals surface area contributed by atoms with Gasteiger partial charge < -0.3 is 24.6 Å². The van der Waals surface area contributed by atoms with Gasteiger partial charge in [-0.25, -0.2) is 18.9 Å². The van der Waals surface area contributed by atoms with Gasteiger partial charge in [0.2, 0.25) is 0 Å². The third-order valence-corrected chi connectivity index (χ3v) is 6.56. The quantitative estimate of drug-likeness (QED) is 0.273. The van der Waals surface area contributed by atoms with Crippen LogP contribution in [0.4, 0.5) is 9.18 Å². The fraction of sp³-hybridized carbons (Fsp3) is 0.400. The third kappa shape index (κ3) is 7.31. The minimum Gasteiger partial charge on any atom is -0.444 e. The summed E-state index contributed by atoms with van der Waals surface area (Å²) < 4.78 is 35.3. The van der Waals surface area contributed by atoms with E-state index in [1.165, 1.54) is 6.07 Å². The number of alkyl carbamates (subject to hydrolysis) is 1. The number of aromatic nitrogens is 5. The lowest BCUT2D eigenvalue weighted by atomic mass is 10.1. The van der Waals surface area contributed by atoms with Crippen LogP contribution >= 0.6 is 0 Å². The van der Waals surface area contributed by atoms with Crippen molar-refractivity contribution in [3.8, 4) is 34.1 Å². The molecule has 3 aromatic heterocycles. The Kier molecular flexibility index (Phi) is 8.83. The fourth-order valence-electron chi connectivity index (χ4n) is 4.60. The highest BCUT2D eigenvalue weighted by molar-refractivity contribution is 5.68. The van der Waals surface area contributed by atoms with Crippen LogP contribution in [0.3, 0.4) is 0 Å². The molecule has 0 spiro atoms. The molecule has 0 aliphatic carbocycles. The topological polar surface area (TPSA) is 126 Å². The molecule has 5 rings (SSSR count). The minimum absolute atomic E-state index is 0.136. The average Bonchev–Trinajstić information content (AvgIpc) is 3.64. The normalized spacial score (nSPS) is 16.2. The van der Waals surface area contributed by atoms with Gasteiger partial charge in [0.05, 0.1) is 30.6 Å². The second-order valence-corrected chi connectivity index (χ2v) is 11.1. The predicted molar refractivity (Wildman–Crippen MR) is 152 cm³/mol.